The number of hydrogen-bond acceptors (Lipinski definition) is 2. The fourth-order valence-electron chi connectivity index (χ4n) is 2.05. The molecule has 10 heavy (non-hydrogen) atoms. The van der Waals surface area contributed by atoms with Gasteiger partial charge in [-0.2, -0.15) is 0 Å². The first-order valence-electron chi connectivity index (χ1n) is 3.84. The highest BCUT2D eigenvalue weighted by Crippen LogP contribution is 2.29. The molecule has 0 amide bonds. The summed E-state index contributed by atoms with van der Waals surface area (Å²) in [5.41, 5.74) is 1.33. The zero-order chi connectivity index (χ0) is 7.14. The molecule has 2 heterocycles. The second-order valence-corrected chi connectivity index (χ2v) is 3.43. The first kappa shape index (κ1) is 6.38. The van der Waals surface area contributed by atoms with Crippen LogP contribution in [0.25, 0.3) is 0 Å². The fraction of sp³-hybridized carbons (Fsp3) is 0.750. The molecule has 2 nitrogen and oxygen atoms in total. The van der Waals surface area contributed by atoms with Crippen LogP contribution in [0, 0.1) is 0 Å². The summed E-state index contributed by atoms with van der Waals surface area (Å²) in [6, 6.07) is 0.613. The molecule has 2 saturated heterocycles. The van der Waals surface area contributed by atoms with E-state index < -0.39 is 0 Å². The van der Waals surface area contributed by atoms with E-state index in [9.17, 15) is 5.11 Å². The smallest absolute Gasteiger partial charge is 0.0682 e. The second-order valence-electron chi connectivity index (χ2n) is 3.43. The van der Waals surface area contributed by atoms with E-state index in [0.29, 0.717) is 6.04 Å². The monoisotopic (exact) mass is 139 g/mol. The van der Waals surface area contributed by atoms with Crippen molar-refractivity contribution < 1.29 is 5.11 Å². The molecule has 0 bridgehead atoms. The quantitative estimate of drug-likeness (QED) is 0.490. The molecule has 2 rings (SSSR count). The Morgan fingerprint density at radius 1 is 1.60 bits per heavy atom. The minimum Gasteiger partial charge on any atom is -0.392 e. The highest BCUT2D eigenvalue weighted by atomic mass is 16.3. The largest absolute Gasteiger partial charge is 0.392 e. The maximum Gasteiger partial charge on any atom is 0.0682 e. The van der Waals surface area contributed by atoms with Crippen molar-refractivity contribution in [3.63, 3.8) is 0 Å². The Kier molecular flexibility index (Phi) is 1.32. The third-order valence-corrected chi connectivity index (χ3v) is 2.46. The van der Waals surface area contributed by atoms with Gasteiger partial charge in [0.2, 0.25) is 0 Å². The van der Waals surface area contributed by atoms with E-state index in [2.05, 4.69) is 11.5 Å². The van der Waals surface area contributed by atoms with Gasteiger partial charge in [0.1, 0.15) is 0 Å². The molecule has 1 N–H and O–H groups in total. The molecule has 0 aromatic heterocycles. The molecule has 0 radical (unpaired) electrons. The number of rotatable bonds is 0. The van der Waals surface area contributed by atoms with Crippen LogP contribution in [0.3, 0.4) is 0 Å². The normalized spacial score (nSPS) is 40.7. The van der Waals surface area contributed by atoms with Crippen LogP contribution in [0.4, 0.5) is 0 Å². The average molecular weight is 139 g/mol. The summed E-state index contributed by atoms with van der Waals surface area (Å²) in [5, 5.41) is 9.25. The van der Waals surface area contributed by atoms with Crippen molar-refractivity contribution in [3.8, 4) is 0 Å². The van der Waals surface area contributed by atoms with Crippen LogP contribution >= 0.6 is 0 Å². The van der Waals surface area contributed by atoms with Crippen molar-refractivity contribution >= 4 is 0 Å². The maximum atomic E-state index is 9.25. The molecular weight excluding hydrogens is 126 g/mol. The van der Waals surface area contributed by atoms with E-state index in [-0.39, 0.29) is 6.10 Å². The van der Waals surface area contributed by atoms with Gasteiger partial charge in [-0.3, -0.25) is 4.90 Å². The summed E-state index contributed by atoms with van der Waals surface area (Å²) in [7, 11) is 0. The van der Waals surface area contributed by atoms with Crippen LogP contribution in [-0.4, -0.2) is 35.2 Å². The highest BCUT2D eigenvalue weighted by Gasteiger charge is 2.35. The summed E-state index contributed by atoms with van der Waals surface area (Å²) in [4.78, 5) is 2.33. The Hall–Kier alpha value is -0.340. The van der Waals surface area contributed by atoms with Gasteiger partial charge in [-0.25, -0.2) is 0 Å². The van der Waals surface area contributed by atoms with E-state index in [4.69, 9.17) is 0 Å². The lowest BCUT2D eigenvalue weighted by atomic mass is 10.1. The van der Waals surface area contributed by atoms with Crippen LogP contribution in [-0.2, 0) is 0 Å². The van der Waals surface area contributed by atoms with Crippen molar-refractivity contribution in [2.24, 2.45) is 0 Å². The van der Waals surface area contributed by atoms with Gasteiger partial charge in [0, 0.05) is 19.1 Å². The lowest BCUT2D eigenvalue weighted by molar-refractivity contribution is 0.179. The van der Waals surface area contributed by atoms with Crippen molar-refractivity contribution in [2.45, 2.75) is 25.0 Å². The summed E-state index contributed by atoms with van der Waals surface area (Å²) in [6.07, 6.45) is 1.99. The highest BCUT2D eigenvalue weighted by molar-refractivity contribution is 5.11. The van der Waals surface area contributed by atoms with Gasteiger partial charge >= 0.3 is 0 Å². The molecule has 2 aliphatic heterocycles. The summed E-state index contributed by atoms with van der Waals surface area (Å²) in [6.45, 7) is 5.82. The van der Waals surface area contributed by atoms with Gasteiger partial charge in [0.25, 0.3) is 0 Å². The van der Waals surface area contributed by atoms with Crippen LogP contribution < -0.4 is 0 Å². The molecule has 2 aliphatic rings. The van der Waals surface area contributed by atoms with Crippen LogP contribution in [0.15, 0.2) is 12.2 Å². The van der Waals surface area contributed by atoms with Crippen molar-refractivity contribution in [3.05, 3.63) is 12.2 Å². The van der Waals surface area contributed by atoms with E-state index in [1.54, 1.807) is 0 Å². The summed E-state index contributed by atoms with van der Waals surface area (Å²) < 4.78 is 0. The predicted octanol–water partition coefficient (Wildman–Crippen LogP) is 0.382. The third-order valence-electron chi connectivity index (χ3n) is 2.46. The molecule has 2 fully saturated rings. The van der Waals surface area contributed by atoms with E-state index in [1.165, 1.54) is 5.57 Å². The second kappa shape index (κ2) is 2.07. The number of hydrogen-bond donors (Lipinski definition) is 1. The van der Waals surface area contributed by atoms with E-state index >= 15 is 0 Å². The average Bonchev–Trinajstić information content (AvgIpc) is 2.21. The maximum absolute atomic E-state index is 9.25. The topological polar surface area (TPSA) is 23.5 Å². The van der Waals surface area contributed by atoms with Crippen molar-refractivity contribution in [2.75, 3.05) is 13.1 Å². The van der Waals surface area contributed by atoms with Gasteiger partial charge in [-0.05, 0) is 12.8 Å². The molecule has 2 atom stereocenters. The first-order chi connectivity index (χ1) is 4.75. The molecule has 0 spiro atoms. The first-order valence-corrected chi connectivity index (χ1v) is 3.84. The number of fused-ring (bicyclic) bond motifs is 1. The Balaban J connectivity index is 2.06. The zero-order valence-electron chi connectivity index (χ0n) is 6.08. The fourth-order valence-corrected chi connectivity index (χ4v) is 2.05. The Morgan fingerprint density at radius 3 is 3.10 bits per heavy atom. The van der Waals surface area contributed by atoms with E-state index in [0.717, 1.165) is 25.9 Å². The molecule has 0 unspecified atom stereocenters. The van der Waals surface area contributed by atoms with Crippen LogP contribution in [0.2, 0.25) is 0 Å². The lowest BCUT2D eigenvalue weighted by Crippen LogP contribution is -2.23. The van der Waals surface area contributed by atoms with Gasteiger partial charge in [0.15, 0.2) is 0 Å². The standard InChI is InChI=1S/C8H13NO/c1-6-2-7-3-8(10)5-9(7)4-6/h7-8,10H,1-5H2/t7-,8+/m0/s1. The molecule has 56 valence electrons. The summed E-state index contributed by atoms with van der Waals surface area (Å²) >= 11 is 0. The molecule has 0 aliphatic carbocycles. The lowest BCUT2D eigenvalue weighted by Gasteiger charge is -2.11. The Labute approximate surface area is 61.1 Å². The number of aliphatic hydroxyl groups is 1. The minimum atomic E-state index is -0.0712. The number of nitrogens with zero attached hydrogens (tertiary/aromatic N) is 1. The molecule has 0 aromatic rings. The van der Waals surface area contributed by atoms with E-state index in [1.807, 2.05) is 0 Å². The Morgan fingerprint density at radius 2 is 2.40 bits per heavy atom. The molecule has 2 heteroatoms. The van der Waals surface area contributed by atoms with Gasteiger partial charge in [0.05, 0.1) is 6.10 Å². The molecule has 0 aromatic carbocycles. The molecule has 0 saturated carbocycles. The number of aliphatic hydroxyl groups excluding tert-OH is 1. The third kappa shape index (κ3) is 0.879. The van der Waals surface area contributed by atoms with Crippen LogP contribution in [0.5, 0.6) is 0 Å². The molecular formula is C8H13NO. The predicted molar refractivity (Wildman–Crippen MR) is 39.7 cm³/mol. The van der Waals surface area contributed by atoms with Gasteiger partial charge in [-0.15, -0.1) is 0 Å². The van der Waals surface area contributed by atoms with Gasteiger partial charge in [-0.1, -0.05) is 12.2 Å². The SMILES string of the molecule is C=C1C[C@H]2C[C@@H](O)CN2C1. The zero-order valence-corrected chi connectivity index (χ0v) is 6.08. The van der Waals surface area contributed by atoms with Crippen molar-refractivity contribution in [1.29, 1.82) is 0 Å². The van der Waals surface area contributed by atoms with Gasteiger partial charge < -0.3 is 5.11 Å². The van der Waals surface area contributed by atoms with Crippen LogP contribution in [0.1, 0.15) is 12.8 Å². The summed E-state index contributed by atoms with van der Waals surface area (Å²) in [5.74, 6) is 0. The van der Waals surface area contributed by atoms with Crippen molar-refractivity contribution in [1.82, 2.24) is 4.90 Å². The minimum absolute atomic E-state index is 0.0712. The Bertz CT molecular complexity index is 151.